The third-order valence-electron chi connectivity index (χ3n) is 3.12. The van der Waals surface area contributed by atoms with Gasteiger partial charge in [-0.25, -0.2) is 4.98 Å². The third-order valence-corrected chi connectivity index (χ3v) is 3.32. The minimum absolute atomic E-state index is 0.0927. The molecule has 7 heteroatoms. The van der Waals surface area contributed by atoms with Crippen LogP contribution in [0.4, 0.5) is 11.5 Å². The Morgan fingerprint density at radius 1 is 1.67 bits per heavy atom. The molecule has 1 N–H and O–H groups in total. The van der Waals surface area contributed by atoms with Gasteiger partial charge in [-0.15, -0.1) is 0 Å². The number of nitrogens with zero attached hydrogens (tertiary/aromatic N) is 3. The van der Waals surface area contributed by atoms with Gasteiger partial charge in [0.05, 0.1) is 16.0 Å². The molecule has 1 aromatic rings. The van der Waals surface area contributed by atoms with Gasteiger partial charge in [-0.1, -0.05) is 11.6 Å². The predicted molar refractivity (Wildman–Crippen MR) is 67.9 cm³/mol. The number of aliphatic hydroxyl groups excluding tert-OH is 1. The van der Waals surface area contributed by atoms with E-state index in [-0.39, 0.29) is 16.8 Å². The van der Waals surface area contributed by atoms with Crippen LogP contribution in [0.5, 0.6) is 0 Å². The average Bonchev–Trinajstić information content (AvgIpc) is 2.26. The zero-order chi connectivity index (χ0) is 13.3. The molecule has 1 aromatic heterocycles. The van der Waals surface area contributed by atoms with Crippen LogP contribution in [0, 0.1) is 16.0 Å². The molecular weight excluding hydrogens is 258 g/mol. The van der Waals surface area contributed by atoms with E-state index in [9.17, 15) is 15.2 Å². The maximum atomic E-state index is 10.9. The molecule has 18 heavy (non-hydrogen) atoms. The highest BCUT2D eigenvalue weighted by molar-refractivity contribution is 6.30. The lowest BCUT2D eigenvalue weighted by Gasteiger charge is -2.34. The van der Waals surface area contributed by atoms with Crippen molar-refractivity contribution in [3.63, 3.8) is 0 Å². The van der Waals surface area contributed by atoms with Crippen molar-refractivity contribution in [3.8, 4) is 0 Å². The lowest BCUT2D eigenvalue weighted by Crippen LogP contribution is -2.37. The van der Waals surface area contributed by atoms with Crippen molar-refractivity contribution in [2.45, 2.75) is 18.9 Å². The van der Waals surface area contributed by atoms with E-state index in [1.165, 1.54) is 12.3 Å². The number of aromatic nitrogens is 1. The second-order valence-corrected chi connectivity index (χ2v) is 5.06. The molecule has 0 radical (unpaired) electrons. The Morgan fingerprint density at radius 3 is 2.89 bits per heavy atom. The summed E-state index contributed by atoms with van der Waals surface area (Å²) in [4.78, 5) is 16.2. The van der Waals surface area contributed by atoms with Crippen LogP contribution in [-0.4, -0.2) is 34.7 Å². The van der Waals surface area contributed by atoms with Gasteiger partial charge in [0.25, 0.3) is 0 Å². The minimum atomic E-state index is -0.486. The fraction of sp³-hybridized carbons (Fsp3) is 0.545. The van der Waals surface area contributed by atoms with E-state index in [2.05, 4.69) is 4.98 Å². The smallest absolute Gasteiger partial charge is 0.313 e. The van der Waals surface area contributed by atoms with E-state index in [4.69, 9.17) is 11.6 Å². The molecule has 1 aliphatic rings. The van der Waals surface area contributed by atoms with E-state index < -0.39 is 4.92 Å². The van der Waals surface area contributed by atoms with Crippen molar-refractivity contribution in [2.24, 2.45) is 5.92 Å². The normalized spacial score (nSPS) is 22.4. The fourth-order valence-electron chi connectivity index (χ4n) is 2.17. The van der Waals surface area contributed by atoms with E-state index in [0.717, 1.165) is 12.8 Å². The monoisotopic (exact) mass is 271 g/mol. The maximum Gasteiger partial charge on any atom is 0.313 e. The highest BCUT2D eigenvalue weighted by Crippen LogP contribution is 2.32. The van der Waals surface area contributed by atoms with Crippen LogP contribution >= 0.6 is 11.6 Å². The highest BCUT2D eigenvalue weighted by Gasteiger charge is 2.30. The minimum Gasteiger partial charge on any atom is -0.393 e. The summed E-state index contributed by atoms with van der Waals surface area (Å²) in [6.45, 7) is 0.645. The largest absolute Gasteiger partial charge is 0.393 e. The Kier molecular flexibility index (Phi) is 3.68. The molecule has 1 saturated carbocycles. The van der Waals surface area contributed by atoms with Crippen molar-refractivity contribution in [2.75, 3.05) is 18.5 Å². The van der Waals surface area contributed by atoms with E-state index in [0.29, 0.717) is 18.3 Å². The van der Waals surface area contributed by atoms with Crippen LogP contribution in [0.2, 0.25) is 5.02 Å². The molecule has 0 aliphatic heterocycles. The van der Waals surface area contributed by atoms with E-state index in [1.54, 1.807) is 11.9 Å². The van der Waals surface area contributed by atoms with Crippen molar-refractivity contribution < 1.29 is 10.0 Å². The molecule has 98 valence electrons. The Balaban J connectivity index is 2.13. The van der Waals surface area contributed by atoms with Crippen molar-refractivity contribution >= 4 is 23.1 Å². The lowest BCUT2D eigenvalue weighted by atomic mass is 9.82. The number of hydrogen-bond donors (Lipinski definition) is 1. The molecular formula is C11H14ClN3O3. The number of aliphatic hydroxyl groups is 1. The first kappa shape index (κ1) is 13.0. The van der Waals surface area contributed by atoms with Crippen LogP contribution in [0.3, 0.4) is 0 Å². The van der Waals surface area contributed by atoms with Gasteiger partial charge >= 0.3 is 5.69 Å². The molecule has 0 unspecified atom stereocenters. The quantitative estimate of drug-likeness (QED) is 0.668. The average molecular weight is 272 g/mol. The zero-order valence-electron chi connectivity index (χ0n) is 9.91. The van der Waals surface area contributed by atoms with Gasteiger partial charge in [-0.3, -0.25) is 10.1 Å². The summed E-state index contributed by atoms with van der Waals surface area (Å²) in [5, 5.41) is 20.4. The van der Waals surface area contributed by atoms with Crippen LogP contribution in [-0.2, 0) is 0 Å². The van der Waals surface area contributed by atoms with E-state index in [1.807, 2.05) is 0 Å². The van der Waals surface area contributed by atoms with Crippen LogP contribution in [0.15, 0.2) is 12.3 Å². The second-order valence-electron chi connectivity index (χ2n) is 4.63. The standard InChI is InChI=1S/C11H14ClN3O3/c1-14(6-7-2-9(16)3-7)11-10(15(17)18)4-8(12)5-13-11/h4-5,7,9,16H,2-3,6H2,1H3. The summed E-state index contributed by atoms with van der Waals surface area (Å²) >= 11 is 5.71. The number of rotatable bonds is 4. The number of hydrogen-bond acceptors (Lipinski definition) is 5. The maximum absolute atomic E-state index is 10.9. The van der Waals surface area contributed by atoms with Gasteiger partial charge in [0.15, 0.2) is 0 Å². The first-order valence-electron chi connectivity index (χ1n) is 5.66. The summed E-state index contributed by atoms with van der Waals surface area (Å²) in [5.41, 5.74) is -0.0927. The van der Waals surface area contributed by atoms with Crippen LogP contribution in [0.1, 0.15) is 12.8 Å². The Bertz CT molecular complexity index is 463. The van der Waals surface area contributed by atoms with E-state index >= 15 is 0 Å². The van der Waals surface area contributed by atoms with Gasteiger partial charge in [0, 0.05) is 25.9 Å². The number of pyridine rings is 1. The summed E-state index contributed by atoms with van der Waals surface area (Å²) in [6.07, 6.45) is 2.66. The number of halogens is 1. The molecule has 6 nitrogen and oxygen atoms in total. The highest BCUT2D eigenvalue weighted by atomic mass is 35.5. The van der Waals surface area contributed by atoms with Gasteiger partial charge in [0.1, 0.15) is 0 Å². The van der Waals surface area contributed by atoms with Crippen LogP contribution < -0.4 is 4.90 Å². The van der Waals surface area contributed by atoms with Gasteiger partial charge in [0.2, 0.25) is 5.82 Å². The summed E-state index contributed by atoms with van der Waals surface area (Å²) in [5.74, 6) is 0.674. The topological polar surface area (TPSA) is 79.5 Å². The third kappa shape index (κ3) is 2.70. The van der Waals surface area contributed by atoms with Gasteiger partial charge in [-0.05, 0) is 18.8 Å². The molecule has 1 aliphatic carbocycles. The molecule has 1 fully saturated rings. The van der Waals surface area contributed by atoms with Gasteiger partial charge < -0.3 is 10.0 Å². The van der Waals surface area contributed by atoms with Crippen molar-refractivity contribution in [1.82, 2.24) is 4.98 Å². The van der Waals surface area contributed by atoms with Gasteiger partial charge in [-0.2, -0.15) is 0 Å². The Morgan fingerprint density at radius 2 is 2.33 bits per heavy atom. The van der Waals surface area contributed by atoms with Crippen molar-refractivity contribution in [3.05, 3.63) is 27.4 Å². The lowest BCUT2D eigenvalue weighted by molar-refractivity contribution is -0.384. The predicted octanol–water partition coefficient (Wildman–Crippen LogP) is 1.85. The second kappa shape index (κ2) is 5.07. The number of anilines is 1. The Labute approximate surface area is 109 Å². The zero-order valence-corrected chi connectivity index (χ0v) is 10.7. The molecule has 1 heterocycles. The Hall–Kier alpha value is -1.40. The number of nitro groups is 1. The molecule has 0 amide bonds. The first-order chi connectivity index (χ1) is 8.47. The molecule has 0 saturated heterocycles. The summed E-state index contributed by atoms with van der Waals surface area (Å²) in [7, 11) is 1.76. The molecule has 0 spiro atoms. The fourth-order valence-corrected chi connectivity index (χ4v) is 2.33. The van der Waals surface area contributed by atoms with Crippen molar-refractivity contribution in [1.29, 1.82) is 0 Å². The molecule has 0 aromatic carbocycles. The summed E-state index contributed by atoms with van der Waals surface area (Å²) in [6, 6.07) is 1.30. The van der Waals surface area contributed by atoms with Crippen LogP contribution in [0.25, 0.3) is 0 Å². The SMILES string of the molecule is CN(CC1CC(O)C1)c1ncc(Cl)cc1[N+](=O)[O-]. The first-order valence-corrected chi connectivity index (χ1v) is 6.04. The molecule has 0 atom stereocenters. The molecule has 0 bridgehead atoms. The summed E-state index contributed by atoms with van der Waals surface area (Å²) < 4.78 is 0. The molecule has 2 rings (SSSR count).